The SMILES string of the molecule is COc1ccc2c(c1)N1CC(OC)CC1C(=O)N2. The Morgan fingerprint density at radius 3 is 2.94 bits per heavy atom. The van der Waals surface area contributed by atoms with Crippen molar-refractivity contribution >= 4 is 17.3 Å². The van der Waals surface area contributed by atoms with E-state index in [0.717, 1.165) is 30.1 Å². The predicted molar refractivity (Wildman–Crippen MR) is 68.2 cm³/mol. The van der Waals surface area contributed by atoms with Crippen molar-refractivity contribution in [2.45, 2.75) is 18.6 Å². The van der Waals surface area contributed by atoms with Crippen molar-refractivity contribution in [3.05, 3.63) is 18.2 Å². The summed E-state index contributed by atoms with van der Waals surface area (Å²) in [5.74, 6) is 0.844. The van der Waals surface area contributed by atoms with E-state index in [9.17, 15) is 4.79 Å². The summed E-state index contributed by atoms with van der Waals surface area (Å²) < 4.78 is 10.6. The maximum absolute atomic E-state index is 12.0. The number of hydrogen-bond donors (Lipinski definition) is 1. The first-order chi connectivity index (χ1) is 8.72. The minimum Gasteiger partial charge on any atom is -0.497 e. The normalized spacial score (nSPS) is 25.4. The molecule has 2 unspecified atom stereocenters. The van der Waals surface area contributed by atoms with E-state index in [-0.39, 0.29) is 18.1 Å². The smallest absolute Gasteiger partial charge is 0.247 e. The number of methoxy groups -OCH3 is 2. The zero-order chi connectivity index (χ0) is 12.7. The molecule has 2 aliphatic heterocycles. The minimum absolute atomic E-state index is 0.0483. The summed E-state index contributed by atoms with van der Waals surface area (Å²) in [5, 5.41) is 2.94. The van der Waals surface area contributed by atoms with Crippen molar-refractivity contribution < 1.29 is 14.3 Å². The molecule has 5 heteroatoms. The molecule has 1 aromatic carbocycles. The number of benzene rings is 1. The van der Waals surface area contributed by atoms with Gasteiger partial charge in [0.05, 0.1) is 24.6 Å². The van der Waals surface area contributed by atoms with Crippen molar-refractivity contribution in [3.63, 3.8) is 0 Å². The molecule has 0 radical (unpaired) electrons. The quantitative estimate of drug-likeness (QED) is 0.855. The molecular weight excluding hydrogens is 232 g/mol. The Labute approximate surface area is 106 Å². The highest BCUT2D eigenvalue weighted by molar-refractivity contribution is 6.04. The summed E-state index contributed by atoms with van der Waals surface area (Å²) in [5.41, 5.74) is 1.85. The molecular formula is C13H16N2O3. The van der Waals surface area contributed by atoms with Crippen LogP contribution in [0.2, 0.25) is 0 Å². The Morgan fingerprint density at radius 2 is 2.22 bits per heavy atom. The third-order valence-corrected chi connectivity index (χ3v) is 3.67. The van der Waals surface area contributed by atoms with Crippen molar-refractivity contribution in [1.82, 2.24) is 0 Å². The van der Waals surface area contributed by atoms with E-state index in [4.69, 9.17) is 9.47 Å². The molecule has 2 heterocycles. The summed E-state index contributed by atoms with van der Waals surface area (Å²) >= 11 is 0. The zero-order valence-corrected chi connectivity index (χ0v) is 10.5. The Morgan fingerprint density at radius 1 is 1.39 bits per heavy atom. The van der Waals surface area contributed by atoms with Crippen LogP contribution in [0, 0.1) is 0 Å². The summed E-state index contributed by atoms with van der Waals surface area (Å²) in [4.78, 5) is 14.1. The Balaban J connectivity index is 2.01. The number of anilines is 2. The monoisotopic (exact) mass is 248 g/mol. The van der Waals surface area contributed by atoms with Gasteiger partial charge in [-0.05, 0) is 12.1 Å². The highest BCUT2D eigenvalue weighted by Crippen LogP contribution is 2.39. The van der Waals surface area contributed by atoms with Crippen LogP contribution in [0.25, 0.3) is 0 Å². The summed E-state index contributed by atoms with van der Waals surface area (Å²) in [6.45, 7) is 0.745. The molecule has 1 amide bonds. The molecule has 2 aliphatic rings. The van der Waals surface area contributed by atoms with E-state index in [0.29, 0.717) is 0 Å². The van der Waals surface area contributed by atoms with Gasteiger partial charge in [-0.1, -0.05) is 0 Å². The van der Waals surface area contributed by atoms with Crippen molar-refractivity contribution in [2.75, 3.05) is 31.0 Å². The number of carbonyl (C=O) groups is 1. The van der Waals surface area contributed by atoms with E-state index in [2.05, 4.69) is 10.2 Å². The molecule has 18 heavy (non-hydrogen) atoms. The Kier molecular flexibility index (Phi) is 2.63. The second-order valence-corrected chi connectivity index (χ2v) is 4.63. The van der Waals surface area contributed by atoms with E-state index in [1.54, 1.807) is 14.2 Å². The number of rotatable bonds is 2. The fraction of sp³-hybridized carbons (Fsp3) is 0.462. The molecule has 1 saturated heterocycles. The van der Waals surface area contributed by atoms with Crippen LogP contribution in [-0.2, 0) is 9.53 Å². The molecule has 5 nitrogen and oxygen atoms in total. The van der Waals surface area contributed by atoms with Gasteiger partial charge in [0.25, 0.3) is 0 Å². The largest absolute Gasteiger partial charge is 0.497 e. The number of nitrogens with zero attached hydrogens (tertiary/aromatic N) is 1. The lowest BCUT2D eigenvalue weighted by Crippen LogP contribution is -2.43. The van der Waals surface area contributed by atoms with E-state index >= 15 is 0 Å². The van der Waals surface area contributed by atoms with E-state index < -0.39 is 0 Å². The first kappa shape index (κ1) is 11.3. The lowest BCUT2D eigenvalue weighted by atomic mass is 10.1. The van der Waals surface area contributed by atoms with Gasteiger partial charge < -0.3 is 19.7 Å². The van der Waals surface area contributed by atoms with Crippen LogP contribution in [0.15, 0.2) is 18.2 Å². The molecule has 0 spiro atoms. The van der Waals surface area contributed by atoms with Gasteiger partial charge in [0, 0.05) is 26.1 Å². The van der Waals surface area contributed by atoms with Crippen LogP contribution in [0.1, 0.15) is 6.42 Å². The van der Waals surface area contributed by atoms with Crippen LogP contribution in [0.5, 0.6) is 5.75 Å². The number of hydrogen-bond acceptors (Lipinski definition) is 4. The van der Waals surface area contributed by atoms with Crippen LogP contribution in [0.3, 0.4) is 0 Å². The maximum Gasteiger partial charge on any atom is 0.247 e. The van der Waals surface area contributed by atoms with Gasteiger partial charge in [-0.25, -0.2) is 0 Å². The van der Waals surface area contributed by atoms with Gasteiger partial charge in [-0.2, -0.15) is 0 Å². The molecule has 1 aromatic rings. The number of ether oxygens (including phenoxy) is 2. The molecule has 0 bridgehead atoms. The van der Waals surface area contributed by atoms with Gasteiger partial charge >= 0.3 is 0 Å². The predicted octanol–water partition coefficient (Wildman–Crippen LogP) is 1.24. The number of nitrogens with one attached hydrogen (secondary N) is 1. The van der Waals surface area contributed by atoms with Crippen LogP contribution in [0.4, 0.5) is 11.4 Å². The van der Waals surface area contributed by atoms with E-state index in [1.807, 2.05) is 18.2 Å². The summed E-state index contributed by atoms with van der Waals surface area (Å²) in [6, 6.07) is 5.56. The molecule has 1 fully saturated rings. The third kappa shape index (κ3) is 1.62. The Bertz CT molecular complexity index is 489. The van der Waals surface area contributed by atoms with Crippen LogP contribution >= 0.6 is 0 Å². The average molecular weight is 248 g/mol. The zero-order valence-electron chi connectivity index (χ0n) is 10.5. The van der Waals surface area contributed by atoms with E-state index in [1.165, 1.54) is 0 Å². The number of fused-ring (bicyclic) bond motifs is 3. The van der Waals surface area contributed by atoms with Gasteiger partial charge in [0.15, 0.2) is 0 Å². The second kappa shape index (κ2) is 4.17. The summed E-state index contributed by atoms with van der Waals surface area (Å²) in [6.07, 6.45) is 0.844. The fourth-order valence-corrected chi connectivity index (χ4v) is 2.68. The highest BCUT2D eigenvalue weighted by atomic mass is 16.5. The standard InChI is InChI=1S/C13H16N2O3/c1-17-8-3-4-10-11(5-8)15-7-9(18-2)6-12(15)13(16)14-10/h3-5,9,12H,6-7H2,1-2H3,(H,14,16). The third-order valence-electron chi connectivity index (χ3n) is 3.67. The van der Waals surface area contributed by atoms with Gasteiger partial charge in [0.2, 0.25) is 5.91 Å². The van der Waals surface area contributed by atoms with Gasteiger partial charge in [-0.3, -0.25) is 4.79 Å². The lowest BCUT2D eigenvalue weighted by Gasteiger charge is -2.32. The molecule has 96 valence electrons. The van der Waals surface area contributed by atoms with Gasteiger partial charge in [-0.15, -0.1) is 0 Å². The van der Waals surface area contributed by atoms with Crippen molar-refractivity contribution in [1.29, 1.82) is 0 Å². The highest BCUT2D eigenvalue weighted by Gasteiger charge is 2.41. The topological polar surface area (TPSA) is 50.8 Å². The van der Waals surface area contributed by atoms with Crippen molar-refractivity contribution in [2.24, 2.45) is 0 Å². The number of amides is 1. The molecule has 0 saturated carbocycles. The molecule has 1 N–H and O–H groups in total. The lowest BCUT2D eigenvalue weighted by molar-refractivity contribution is -0.117. The second-order valence-electron chi connectivity index (χ2n) is 4.63. The first-order valence-electron chi connectivity index (χ1n) is 6.01. The Hall–Kier alpha value is -1.75. The maximum atomic E-state index is 12.0. The fourth-order valence-electron chi connectivity index (χ4n) is 2.68. The van der Waals surface area contributed by atoms with Gasteiger partial charge in [0.1, 0.15) is 11.8 Å². The first-order valence-corrected chi connectivity index (χ1v) is 6.01. The molecule has 2 atom stereocenters. The average Bonchev–Trinajstić information content (AvgIpc) is 2.83. The summed E-state index contributed by atoms with van der Waals surface area (Å²) in [7, 11) is 3.33. The molecule has 0 aliphatic carbocycles. The van der Waals surface area contributed by atoms with Crippen LogP contribution in [-0.4, -0.2) is 38.8 Å². The molecule has 0 aromatic heterocycles. The van der Waals surface area contributed by atoms with Crippen molar-refractivity contribution in [3.8, 4) is 5.75 Å². The molecule has 3 rings (SSSR count). The van der Waals surface area contributed by atoms with Crippen LogP contribution < -0.4 is 15.0 Å². The number of carbonyl (C=O) groups excluding carboxylic acids is 1. The minimum atomic E-state index is -0.130.